The Bertz CT molecular complexity index is 980. The molecule has 1 amide bonds. The van der Waals surface area contributed by atoms with Crippen molar-refractivity contribution in [2.75, 3.05) is 10.0 Å². The van der Waals surface area contributed by atoms with Gasteiger partial charge < -0.3 is 9.84 Å². The number of nitrogens with zero attached hydrogens (tertiary/aromatic N) is 1. The standard InChI is InChI=1S/C17H15N3O4S/c1-12-11-16(19-24-12)20-25(22,23)15-9-7-14(8-10-15)18-17(21)13-5-3-2-4-6-13/h2-11H,1H3,(H,18,21)(H,19,20). The molecule has 0 unspecified atom stereocenters. The second-order valence-electron chi connectivity index (χ2n) is 5.27. The highest BCUT2D eigenvalue weighted by Crippen LogP contribution is 2.18. The number of benzene rings is 2. The lowest BCUT2D eigenvalue weighted by Gasteiger charge is -2.08. The minimum atomic E-state index is -3.78. The molecule has 0 saturated carbocycles. The van der Waals surface area contributed by atoms with Gasteiger partial charge in [-0.05, 0) is 43.3 Å². The molecule has 8 heteroatoms. The van der Waals surface area contributed by atoms with Crippen molar-refractivity contribution >= 4 is 27.4 Å². The average molecular weight is 357 g/mol. The number of carbonyl (C=O) groups excluding carboxylic acids is 1. The van der Waals surface area contributed by atoms with Gasteiger partial charge >= 0.3 is 0 Å². The molecule has 2 N–H and O–H groups in total. The fraction of sp³-hybridized carbons (Fsp3) is 0.0588. The van der Waals surface area contributed by atoms with Gasteiger partial charge in [-0.15, -0.1) is 0 Å². The molecule has 0 saturated heterocycles. The first-order chi connectivity index (χ1) is 11.9. The first-order valence-electron chi connectivity index (χ1n) is 7.37. The Morgan fingerprint density at radius 3 is 2.32 bits per heavy atom. The third kappa shape index (κ3) is 4.04. The van der Waals surface area contributed by atoms with Gasteiger partial charge in [0.05, 0.1) is 4.90 Å². The Kier molecular flexibility index (Phi) is 4.53. The molecule has 0 bridgehead atoms. The summed E-state index contributed by atoms with van der Waals surface area (Å²) in [4.78, 5) is 12.1. The number of aryl methyl sites for hydroxylation is 1. The molecule has 128 valence electrons. The van der Waals surface area contributed by atoms with Crippen molar-refractivity contribution in [3.05, 3.63) is 72.0 Å². The van der Waals surface area contributed by atoms with E-state index in [0.29, 0.717) is 17.0 Å². The predicted octanol–water partition coefficient (Wildman–Crippen LogP) is 3.04. The Labute approximate surface area is 144 Å². The average Bonchev–Trinajstić information content (AvgIpc) is 3.00. The Morgan fingerprint density at radius 2 is 1.72 bits per heavy atom. The maximum Gasteiger partial charge on any atom is 0.263 e. The zero-order valence-electron chi connectivity index (χ0n) is 13.3. The van der Waals surface area contributed by atoms with E-state index in [1.54, 1.807) is 31.2 Å². The van der Waals surface area contributed by atoms with Crippen molar-refractivity contribution in [1.82, 2.24) is 5.16 Å². The zero-order valence-corrected chi connectivity index (χ0v) is 14.1. The lowest BCUT2D eigenvalue weighted by molar-refractivity contribution is 0.102. The van der Waals surface area contributed by atoms with Crippen LogP contribution in [0.4, 0.5) is 11.5 Å². The van der Waals surface area contributed by atoms with Crippen LogP contribution in [-0.2, 0) is 10.0 Å². The van der Waals surface area contributed by atoms with Crippen molar-refractivity contribution in [1.29, 1.82) is 0 Å². The molecule has 0 radical (unpaired) electrons. The summed E-state index contributed by atoms with van der Waals surface area (Å²) in [6.45, 7) is 1.66. The maximum absolute atomic E-state index is 12.3. The lowest BCUT2D eigenvalue weighted by Crippen LogP contribution is -2.14. The molecule has 0 aliphatic carbocycles. The molecule has 1 aromatic heterocycles. The van der Waals surface area contributed by atoms with E-state index in [4.69, 9.17) is 4.52 Å². The van der Waals surface area contributed by atoms with Crippen molar-refractivity contribution in [2.24, 2.45) is 0 Å². The number of hydrogen-bond acceptors (Lipinski definition) is 5. The summed E-state index contributed by atoms with van der Waals surface area (Å²) in [7, 11) is -3.78. The SMILES string of the molecule is Cc1cc(NS(=O)(=O)c2ccc(NC(=O)c3ccccc3)cc2)no1. The monoisotopic (exact) mass is 357 g/mol. The maximum atomic E-state index is 12.3. The van der Waals surface area contributed by atoms with Crippen molar-refractivity contribution in [3.63, 3.8) is 0 Å². The number of rotatable bonds is 5. The van der Waals surface area contributed by atoms with Gasteiger partial charge in [-0.3, -0.25) is 9.52 Å². The number of amides is 1. The van der Waals surface area contributed by atoms with Crippen molar-refractivity contribution in [3.8, 4) is 0 Å². The normalized spacial score (nSPS) is 11.1. The van der Waals surface area contributed by atoms with Crippen LogP contribution >= 0.6 is 0 Å². The topological polar surface area (TPSA) is 101 Å². The summed E-state index contributed by atoms with van der Waals surface area (Å²) in [5.41, 5.74) is 1.01. The van der Waals surface area contributed by atoms with E-state index < -0.39 is 10.0 Å². The molecule has 1 heterocycles. The highest BCUT2D eigenvalue weighted by Gasteiger charge is 2.16. The smallest absolute Gasteiger partial charge is 0.263 e. The summed E-state index contributed by atoms with van der Waals surface area (Å²) in [5, 5.41) is 6.30. The van der Waals surface area contributed by atoms with E-state index >= 15 is 0 Å². The summed E-state index contributed by atoms with van der Waals surface area (Å²) in [6, 6.07) is 16.0. The van der Waals surface area contributed by atoms with Crippen LogP contribution in [0.5, 0.6) is 0 Å². The molecular weight excluding hydrogens is 342 g/mol. The first kappa shape index (κ1) is 16.7. The van der Waals surface area contributed by atoms with Gasteiger partial charge in [0, 0.05) is 17.3 Å². The van der Waals surface area contributed by atoms with Crippen LogP contribution < -0.4 is 10.0 Å². The van der Waals surface area contributed by atoms with Crippen LogP contribution in [0.15, 0.2) is 70.1 Å². The quantitative estimate of drug-likeness (QED) is 0.731. The third-order valence-corrected chi connectivity index (χ3v) is 4.70. The van der Waals surface area contributed by atoms with Crippen LogP contribution in [-0.4, -0.2) is 19.5 Å². The van der Waals surface area contributed by atoms with Crippen molar-refractivity contribution in [2.45, 2.75) is 11.8 Å². The van der Waals surface area contributed by atoms with E-state index in [2.05, 4.69) is 15.2 Å². The third-order valence-electron chi connectivity index (χ3n) is 3.33. The van der Waals surface area contributed by atoms with E-state index in [1.165, 1.54) is 30.3 Å². The van der Waals surface area contributed by atoms with Gasteiger partial charge in [-0.25, -0.2) is 8.42 Å². The van der Waals surface area contributed by atoms with Crippen molar-refractivity contribution < 1.29 is 17.7 Å². The Morgan fingerprint density at radius 1 is 1.04 bits per heavy atom. The second kappa shape index (κ2) is 6.78. The van der Waals surface area contributed by atoms with Crippen LogP contribution in [0.25, 0.3) is 0 Å². The molecule has 0 aliphatic rings. The predicted molar refractivity (Wildman–Crippen MR) is 92.9 cm³/mol. The highest BCUT2D eigenvalue weighted by molar-refractivity contribution is 7.92. The van der Waals surface area contributed by atoms with E-state index in [-0.39, 0.29) is 16.6 Å². The van der Waals surface area contributed by atoms with Crippen LogP contribution in [0.2, 0.25) is 0 Å². The minimum absolute atomic E-state index is 0.0471. The van der Waals surface area contributed by atoms with Gasteiger partial charge in [-0.2, -0.15) is 0 Å². The number of nitrogens with one attached hydrogen (secondary N) is 2. The first-order valence-corrected chi connectivity index (χ1v) is 8.85. The molecule has 3 rings (SSSR count). The van der Waals surface area contributed by atoms with E-state index in [1.807, 2.05) is 6.07 Å². The Balaban J connectivity index is 1.72. The number of aromatic nitrogens is 1. The van der Waals surface area contributed by atoms with Crippen LogP contribution in [0.1, 0.15) is 16.1 Å². The molecule has 2 aromatic carbocycles. The zero-order chi connectivity index (χ0) is 17.9. The summed E-state index contributed by atoms with van der Waals surface area (Å²) >= 11 is 0. The fourth-order valence-corrected chi connectivity index (χ4v) is 3.11. The van der Waals surface area contributed by atoms with Gasteiger partial charge in [0.15, 0.2) is 5.82 Å². The van der Waals surface area contributed by atoms with E-state index in [0.717, 1.165) is 0 Å². The molecule has 0 aliphatic heterocycles. The van der Waals surface area contributed by atoms with Gasteiger partial charge in [0.25, 0.3) is 15.9 Å². The largest absolute Gasteiger partial charge is 0.360 e. The molecule has 3 aromatic rings. The summed E-state index contributed by atoms with van der Waals surface area (Å²) in [5.74, 6) is 0.336. The van der Waals surface area contributed by atoms with Gasteiger partial charge in [0.1, 0.15) is 5.76 Å². The summed E-state index contributed by atoms with van der Waals surface area (Å²) in [6.07, 6.45) is 0. The number of carbonyl (C=O) groups is 1. The molecular formula is C17H15N3O4S. The van der Waals surface area contributed by atoms with Gasteiger partial charge in [-0.1, -0.05) is 23.4 Å². The molecule has 7 nitrogen and oxygen atoms in total. The Hall–Kier alpha value is -3.13. The lowest BCUT2D eigenvalue weighted by atomic mass is 10.2. The van der Waals surface area contributed by atoms with Crippen LogP contribution in [0.3, 0.4) is 0 Å². The molecule has 0 spiro atoms. The van der Waals surface area contributed by atoms with E-state index in [9.17, 15) is 13.2 Å². The highest BCUT2D eigenvalue weighted by atomic mass is 32.2. The summed E-state index contributed by atoms with van der Waals surface area (Å²) < 4.78 is 31.7. The molecule has 0 fully saturated rings. The minimum Gasteiger partial charge on any atom is -0.360 e. The number of sulfonamides is 1. The second-order valence-corrected chi connectivity index (χ2v) is 6.96. The fourth-order valence-electron chi connectivity index (χ4n) is 2.12. The van der Waals surface area contributed by atoms with Gasteiger partial charge in [0.2, 0.25) is 0 Å². The molecule has 25 heavy (non-hydrogen) atoms. The van der Waals surface area contributed by atoms with Crippen LogP contribution in [0, 0.1) is 6.92 Å². The number of anilines is 2. The number of hydrogen-bond donors (Lipinski definition) is 2. The molecule has 0 atom stereocenters.